The molecule has 2 aliphatic rings. The van der Waals surface area contributed by atoms with E-state index >= 15 is 0 Å². The van der Waals surface area contributed by atoms with Crippen LogP contribution in [-0.2, 0) is 16.0 Å². The molecule has 2 saturated heterocycles. The Morgan fingerprint density at radius 3 is 2.79 bits per heavy atom. The summed E-state index contributed by atoms with van der Waals surface area (Å²) in [4.78, 5) is 20.6. The van der Waals surface area contributed by atoms with E-state index in [1.54, 1.807) is 0 Å². The Bertz CT molecular complexity index is 1010. The summed E-state index contributed by atoms with van der Waals surface area (Å²) in [5.74, 6) is 0. The average Bonchev–Trinajstić information content (AvgIpc) is 3.34. The minimum absolute atomic E-state index is 0.0451. The van der Waals surface area contributed by atoms with Gasteiger partial charge in [0, 0.05) is 50.3 Å². The zero-order valence-electron chi connectivity index (χ0n) is 19.8. The van der Waals surface area contributed by atoms with Crippen LogP contribution in [-0.4, -0.2) is 78.5 Å². The third-order valence-electron chi connectivity index (χ3n) is 6.68. The number of nitrogens with zero attached hydrogens (tertiary/aromatic N) is 2. The van der Waals surface area contributed by atoms with Crippen molar-refractivity contribution in [3.63, 3.8) is 0 Å². The maximum absolute atomic E-state index is 13.0. The third-order valence-corrected chi connectivity index (χ3v) is 7.08. The van der Waals surface area contributed by atoms with Crippen LogP contribution in [0.15, 0.2) is 23.0 Å². The molecule has 0 radical (unpaired) electrons. The Kier molecular flexibility index (Phi) is 8.35. The van der Waals surface area contributed by atoms with Crippen molar-refractivity contribution in [3.8, 4) is 0 Å². The van der Waals surface area contributed by atoms with Gasteiger partial charge in [0.25, 0.3) is 5.56 Å². The summed E-state index contributed by atoms with van der Waals surface area (Å²) < 4.78 is 11.2. The van der Waals surface area contributed by atoms with Crippen molar-refractivity contribution in [2.75, 3.05) is 52.5 Å². The van der Waals surface area contributed by atoms with Crippen LogP contribution in [0.3, 0.4) is 0 Å². The van der Waals surface area contributed by atoms with E-state index in [9.17, 15) is 4.79 Å². The number of H-pyrrole nitrogens is 1. The van der Waals surface area contributed by atoms with Crippen LogP contribution in [0.25, 0.3) is 10.9 Å². The molecule has 33 heavy (non-hydrogen) atoms. The van der Waals surface area contributed by atoms with Crippen molar-refractivity contribution in [2.45, 2.75) is 45.8 Å². The van der Waals surface area contributed by atoms with Crippen LogP contribution in [0.5, 0.6) is 0 Å². The van der Waals surface area contributed by atoms with Crippen LogP contribution in [0.4, 0.5) is 0 Å². The standard InChI is InChI=1S/C25H36N4O3S/c1-18-6-7-19(2)23-22(18)15-20(24(30)27-23)17-29(9-4-8-28-10-13-31-14-11-28)25(33)26-16-21-5-3-12-32-21/h6-7,15,21H,3-5,8-14,16-17H2,1-2H3,(H,26,33)(H,27,30)/t21-/m0/s1. The molecule has 0 spiro atoms. The topological polar surface area (TPSA) is 69.8 Å². The normalized spacial score (nSPS) is 19.2. The van der Waals surface area contributed by atoms with Crippen LogP contribution in [0, 0.1) is 13.8 Å². The van der Waals surface area contributed by atoms with Gasteiger partial charge >= 0.3 is 0 Å². The lowest BCUT2D eigenvalue weighted by atomic mass is 10.0. The SMILES string of the molecule is Cc1ccc(C)c2[nH]c(=O)c(CN(CCCN3CCOCC3)C(=S)NC[C@@H]3CCCO3)cc12. The van der Waals surface area contributed by atoms with Gasteiger partial charge in [0.05, 0.1) is 31.4 Å². The van der Waals surface area contributed by atoms with Crippen molar-refractivity contribution in [3.05, 3.63) is 45.2 Å². The van der Waals surface area contributed by atoms with Crippen molar-refractivity contribution >= 4 is 28.2 Å². The largest absolute Gasteiger partial charge is 0.379 e. The first-order chi connectivity index (χ1) is 16.0. The minimum atomic E-state index is -0.0451. The summed E-state index contributed by atoms with van der Waals surface area (Å²) in [5, 5.41) is 5.18. The molecule has 2 aliphatic heterocycles. The molecule has 0 amide bonds. The molecule has 2 aromatic rings. The Morgan fingerprint density at radius 2 is 2.03 bits per heavy atom. The van der Waals surface area contributed by atoms with E-state index in [1.165, 1.54) is 0 Å². The van der Waals surface area contributed by atoms with Gasteiger partial charge in [-0.2, -0.15) is 0 Å². The van der Waals surface area contributed by atoms with Crippen molar-refractivity contribution in [2.24, 2.45) is 0 Å². The van der Waals surface area contributed by atoms with Gasteiger partial charge < -0.3 is 24.7 Å². The fourth-order valence-corrected chi connectivity index (χ4v) is 4.86. The Labute approximate surface area is 201 Å². The van der Waals surface area contributed by atoms with E-state index in [1.807, 2.05) is 13.0 Å². The molecule has 8 heteroatoms. The fraction of sp³-hybridized carbons (Fsp3) is 0.600. The monoisotopic (exact) mass is 472 g/mol. The number of benzene rings is 1. The number of nitrogens with one attached hydrogen (secondary N) is 2. The lowest BCUT2D eigenvalue weighted by molar-refractivity contribution is 0.0367. The van der Waals surface area contributed by atoms with Crippen LogP contribution >= 0.6 is 12.2 Å². The van der Waals surface area contributed by atoms with E-state index in [0.29, 0.717) is 18.2 Å². The van der Waals surface area contributed by atoms with E-state index in [-0.39, 0.29) is 11.7 Å². The first-order valence-corrected chi connectivity index (χ1v) is 12.5. The predicted molar refractivity (Wildman–Crippen MR) is 136 cm³/mol. The molecule has 1 aromatic heterocycles. The number of rotatable bonds is 8. The molecule has 0 aliphatic carbocycles. The van der Waals surface area contributed by atoms with Gasteiger partial charge in [0.2, 0.25) is 0 Å². The van der Waals surface area contributed by atoms with Crippen LogP contribution in [0.1, 0.15) is 36.0 Å². The number of morpholine rings is 1. The van der Waals surface area contributed by atoms with Gasteiger partial charge in [0.1, 0.15) is 0 Å². The number of aryl methyl sites for hydroxylation is 2. The second kappa shape index (κ2) is 11.4. The van der Waals surface area contributed by atoms with Crippen molar-refractivity contribution < 1.29 is 9.47 Å². The van der Waals surface area contributed by atoms with Crippen molar-refractivity contribution in [1.29, 1.82) is 0 Å². The molecular weight excluding hydrogens is 436 g/mol. The number of ether oxygens (including phenoxy) is 2. The molecular formula is C25H36N4O3S. The van der Waals surface area contributed by atoms with Gasteiger partial charge in [-0.15, -0.1) is 0 Å². The Hall–Kier alpha value is -2.00. The summed E-state index contributed by atoms with van der Waals surface area (Å²) in [6.45, 7) is 11.5. The van der Waals surface area contributed by atoms with E-state index in [2.05, 4.69) is 39.2 Å². The summed E-state index contributed by atoms with van der Waals surface area (Å²) >= 11 is 5.78. The van der Waals surface area contributed by atoms with Gasteiger partial charge in [-0.3, -0.25) is 9.69 Å². The second-order valence-electron chi connectivity index (χ2n) is 9.16. The summed E-state index contributed by atoms with van der Waals surface area (Å²) in [6, 6.07) is 6.19. The summed E-state index contributed by atoms with van der Waals surface area (Å²) in [5.41, 5.74) is 3.85. The predicted octanol–water partition coefficient (Wildman–Crippen LogP) is 2.72. The molecule has 2 fully saturated rings. The number of hydrogen-bond acceptors (Lipinski definition) is 5. The molecule has 4 rings (SSSR count). The average molecular weight is 473 g/mol. The lowest BCUT2D eigenvalue weighted by Crippen LogP contribution is -2.44. The van der Waals surface area contributed by atoms with E-state index in [0.717, 1.165) is 92.9 Å². The number of thiocarbonyl (C=S) groups is 1. The molecule has 0 unspecified atom stereocenters. The van der Waals surface area contributed by atoms with Gasteiger partial charge in [-0.05, 0) is 62.5 Å². The highest BCUT2D eigenvalue weighted by molar-refractivity contribution is 7.80. The summed E-state index contributed by atoms with van der Waals surface area (Å²) in [7, 11) is 0. The van der Waals surface area contributed by atoms with E-state index < -0.39 is 0 Å². The summed E-state index contributed by atoms with van der Waals surface area (Å²) in [6.07, 6.45) is 3.36. The van der Waals surface area contributed by atoms with Crippen LogP contribution < -0.4 is 10.9 Å². The van der Waals surface area contributed by atoms with Gasteiger partial charge in [-0.1, -0.05) is 12.1 Å². The number of aromatic nitrogens is 1. The Balaban J connectivity index is 1.47. The molecule has 1 aromatic carbocycles. The van der Waals surface area contributed by atoms with Crippen LogP contribution in [0.2, 0.25) is 0 Å². The smallest absolute Gasteiger partial charge is 0.253 e. The third kappa shape index (κ3) is 6.32. The second-order valence-corrected chi connectivity index (χ2v) is 9.55. The molecule has 0 bridgehead atoms. The quantitative estimate of drug-likeness (QED) is 0.573. The first kappa shape index (κ1) is 24.1. The number of pyridine rings is 1. The van der Waals surface area contributed by atoms with Gasteiger partial charge in [-0.25, -0.2) is 0 Å². The lowest BCUT2D eigenvalue weighted by Gasteiger charge is -2.30. The highest BCUT2D eigenvalue weighted by atomic mass is 32.1. The molecule has 0 saturated carbocycles. The van der Waals surface area contributed by atoms with Gasteiger partial charge in [0.15, 0.2) is 5.11 Å². The molecule has 7 nitrogen and oxygen atoms in total. The molecule has 3 heterocycles. The molecule has 2 N–H and O–H groups in total. The number of fused-ring (bicyclic) bond motifs is 1. The highest BCUT2D eigenvalue weighted by Crippen LogP contribution is 2.20. The highest BCUT2D eigenvalue weighted by Gasteiger charge is 2.19. The zero-order valence-corrected chi connectivity index (χ0v) is 20.6. The maximum Gasteiger partial charge on any atom is 0.253 e. The number of hydrogen-bond donors (Lipinski definition) is 2. The zero-order chi connectivity index (χ0) is 23.2. The fourth-order valence-electron chi connectivity index (χ4n) is 4.62. The Morgan fingerprint density at radius 1 is 1.24 bits per heavy atom. The molecule has 180 valence electrons. The van der Waals surface area contributed by atoms with E-state index in [4.69, 9.17) is 21.7 Å². The number of aromatic amines is 1. The maximum atomic E-state index is 13.0. The minimum Gasteiger partial charge on any atom is -0.379 e. The molecule has 1 atom stereocenters. The van der Waals surface area contributed by atoms with Crippen molar-refractivity contribution in [1.82, 2.24) is 20.1 Å². The first-order valence-electron chi connectivity index (χ1n) is 12.1.